The summed E-state index contributed by atoms with van der Waals surface area (Å²) in [7, 11) is 0. The van der Waals surface area contributed by atoms with E-state index in [1.165, 1.54) is 0 Å². The lowest BCUT2D eigenvalue weighted by atomic mass is 10.4. The van der Waals surface area contributed by atoms with E-state index < -0.39 is 0 Å². The molecular formula is C7H11N5O. The first-order valence-corrected chi connectivity index (χ1v) is 3.65. The van der Waals surface area contributed by atoms with Crippen molar-refractivity contribution in [3.8, 4) is 0 Å². The monoisotopic (exact) mass is 181 g/mol. The molecule has 70 valence electrons. The summed E-state index contributed by atoms with van der Waals surface area (Å²) in [5.74, 6) is 0.216. The maximum atomic E-state index is 10.8. The molecule has 0 atom stereocenters. The molecule has 0 aliphatic heterocycles. The highest BCUT2D eigenvalue weighted by Gasteiger charge is 2.01. The van der Waals surface area contributed by atoms with Gasteiger partial charge in [0.05, 0.1) is 12.2 Å². The highest BCUT2D eigenvalue weighted by atomic mass is 16.1. The van der Waals surface area contributed by atoms with Crippen LogP contribution in [0.3, 0.4) is 0 Å². The van der Waals surface area contributed by atoms with Crippen molar-refractivity contribution in [1.82, 2.24) is 4.98 Å². The summed E-state index contributed by atoms with van der Waals surface area (Å²) in [4.78, 5) is 14.7. The molecule has 1 aromatic heterocycles. The second-order valence-corrected chi connectivity index (χ2v) is 2.42. The quantitative estimate of drug-likeness (QED) is 0.473. The Morgan fingerprint density at radius 3 is 2.69 bits per heavy atom. The topological polar surface area (TPSA) is 120 Å². The number of nitrogen functional groups attached to an aromatic ring is 2. The van der Waals surface area contributed by atoms with Crippen LogP contribution in [0.1, 0.15) is 0 Å². The van der Waals surface area contributed by atoms with E-state index in [0.29, 0.717) is 11.5 Å². The molecule has 6 heteroatoms. The van der Waals surface area contributed by atoms with Crippen LogP contribution in [0, 0.1) is 0 Å². The molecule has 0 aliphatic rings. The molecule has 0 radical (unpaired) electrons. The van der Waals surface area contributed by atoms with Crippen molar-refractivity contribution >= 4 is 23.2 Å². The van der Waals surface area contributed by atoms with E-state index in [-0.39, 0.29) is 18.3 Å². The van der Waals surface area contributed by atoms with Gasteiger partial charge in [0.2, 0.25) is 5.91 Å². The number of hydrogen-bond donors (Lipinski definition) is 4. The van der Waals surface area contributed by atoms with E-state index in [1.807, 2.05) is 0 Å². The van der Waals surface area contributed by atoms with Gasteiger partial charge >= 0.3 is 0 Å². The van der Waals surface area contributed by atoms with Gasteiger partial charge in [0, 0.05) is 0 Å². The molecule has 0 unspecified atom stereocenters. The van der Waals surface area contributed by atoms with Gasteiger partial charge < -0.3 is 22.5 Å². The molecule has 1 aromatic rings. The average molecular weight is 181 g/mol. The minimum Gasteiger partial charge on any atom is -0.396 e. The van der Waals surface area contributed by atoms with Crippen molar-refractivity contribution in [1.29, 1.82) is 0 Å². The maximum Gasteiger partial charge on any atom is 0.239 e. The van der Waals surface area contributed by atoms with Gasteiger partial charge in [-0.05, 0) is 12.1 Å². The standard InChI is InChI=1S/C7H11N5O/c8-3-6(13)11-5-2-1-4(9)7(10)12-5/h1-2H,3,8-9H2,(H3,10,11,12,13). The van der Waals surface area contributed by atoms with Gasteiger partial charge in [0.25, 0.3) is 0 Å². The van der Waals surface area contributed by atoms with Gasteiger partial charge in [-0.3, -0.25) is 4.79 Å². The molecule has 13 heavy (non-hydrogen) atoms. The van der Waals surface area contributed by atoms with Crippen molar-refractivity contribution in [2.75, 3.05) is 23.3 Å². The van der Waals surface area contributed by atoms with E-state index in [0.717, 1.165) is 0 Å². The molecule has 1 amide bonds. The minimum atomic E-state index is -0.323. The molecule has 0 bridgehead atoms. The van der Waals surface area contributed by atoms with Crippen LogP contribution < -0.4 is 22.5 Å². The Morgan fingerprint density at radius 2 is 2.15 bits per heavy atom. The van der Waals surface area contributed by atoms with Crippen molar-refractivity contribution in [3.05, 3.63) is 12.1 Å². The Hall–Kier alpha value is -1.82. The number of anilines is 3. The Labute approximate surface area is 75.1 Å². The highest BCUT2D eigenvalue weighted by molar-refractivity contribution is 5.91. The lowest BCUT2D eigenvalue weighted by molar-refractivity contribution is -0.114. The predicted molar refractivity (Wildman–Crippen MR) is 50.7 cm³/mol. The summed E-state index contributed by atoms with van der Waals surface area (Å²) in [6, 6.07) is 3.12. The third-order valence-electron chi connectivity index (χ3n) is 1.41. The summed E-state index contributed by atoms with van der Waals surface area (Å²) in [6.07, 6.45) is 0. The van der Waals surface area contributed by atoms with Crippen molar-refractivity contribution in [2.24, 2.45) is 5.73 Å². The van der Waals surface area contributed by atoms with Crippen LogP contribution in [0.2, 0.25) is 0 Å². The SMILES string of the molecule is NCC(=O)Nc1ccc(N)c(N)n1. The molecule has 1 heterocycles. The van der Waals surface area contributed by atoms with E-state index in [4.69, 9.17) is 17.2 Å². The Kier molecular flexibility index (Phi) is 2.65. The zero-order chi connectivity index (χ0) is 9.84. The Bertz CT molecular complexity index is 325. The fourth-order valence-corrected chi connectivity index (χ4v) is 0.749. The molecule has 0 aromatic carbocycles. The summed E-state index contributed by atoms with van der Waals surface area (Å²) < 4.78 is 0. The van der Waals surface area contributed by atoms with E-state index >= 15 is 0 Å². The second-order valence-electron chi connectivity index (χ2n) is 2.42. The first kappa shape index (κ1) is 9.27. The number of hydrogen-bond acceptors (Lipinski definition) is 5. The second kappa shape index (κ2) is 3.72. The molecule has 0 fully saturated rings. The summed E-state index contributed by atoms with van der Waals surface area (Å²) in [5, 5.41) is 2.45. The number of amides is 1. The number of nitrogens with zero attached hydrogens (tertiary/aromatic N) is 1. The number of pyridine rings is 1. The van der Waals surface area contributed by atoms with Gasteiger partial charge in [-0.1, -0.05) is 0 Å². The maximum absolute atomic E-state index is 10.8. The third kappa shape index (κ3) is 2.31. The largest absolute Gasteiger partial charge is 0.396 e. The molecule has 0 saturated carbocycles. The van der Waals surface area contributed by atoms with Crippen molar-refractivity contribution in [3.63, 3.8) is 0 Å². The van der Waals surface area contributed by atoms with Gasteiger partial charge in [0.1, 0.15) is 11.6 Å². The predicted octanol–water partition coefficient (Wildman–Crippen LogP) is -0.857. The normalized spacial score (nSPS) is 9.62. The van der Waals surface area contributed by atoms with Gasteiger partial charge in [0.15, 0.2) is 0 Å². The van der Waals surface area contributed by atoms with Crippen LogP contribution in [-0.2, 0) is 4.79 Å². The van der Waals surface area contributed by atoms with Crippen LogP contribution in [0.5, 0.6) is 0 Å². The van der Waals surface area contributed by atoms with Gasteiger partial charge in [-0.2, -0.15) is 0 Å². The first-order valence-electron chi connectivity index (χ1n) is 3.65. The van der Waals surface area contributed by atoms with Crippen LogP contribution in [-0.4, -0.2) is 17.4 Å². The Balaban J connectivity index is 2.79. The average Bonchev–Trinajstić information content (AvgIpc) is 2.11. The molecule has 0 spiro atoms. The number of carbonyl (C=O) groups is 1. The lowest BCUT2D eigenvalue weighted by Gasteiger charge is -2.04. The molecule has 7 N–H and O–H groups in total. The Morgan fingerprint density at radius 1 is 1.46 bits per heavy atom. The fraction of sp³-hybridized carbons (Fsp3) is 0.143. The minimum absolute atomic E-state index is 0.0913. The molecule has 0 aliphatic carbocycles. The third-order valence-corrected chi connectivity index (χ3v) is 1.41. The number of rotatable bonds is 2. The smallest absolute Gasteiger partial charge is 0.239 e. The van der Waals surface area contributed by atoms with Gasteiger partial charge in [-0.25, -0.2) is 4.98 Å². The van der Waals surface area contributed by atoms with Crippen LogP contribution in [0.4, 0.5) is 17.3 Å². The number of nitrogens with two attached hydrogens (primary N) is 3. The zero-order valence-corrected chi connectivity index (χ0v) is 6.95. The van der Waals surface area contributed by atoms with Crippen LogP contribution in [0.25, 0.3) is 0 Å². The van der Waals surface area contributed by atoms with E-state index in [2.05, 4.69) is 10.3 Å². The molecule has 6 nitrogen and oxygen atoms in total. The number of aromatic nitrogens is 1. The van der Waals surface area contributed by atoms with E-state index in [1.54, 1.807) is 12.1 Å². The molecule has 1 rings (SSSR count). The summed E-state index contributed by atoms with van der Waals surface area (Å²) in [6.45, 7) is -0.0913. The van der Waals surface area contributed by atoms with E-state index in [9.17, 15) is 4.79 Å². The zero-order valence-electron chi connectivity index (χ0n) is 6.95. The van der Waals surface area contributed by atoms with Crippen molar-refractivity contribution < 1.29 is 4.79 Å². The number of nitrogens with one attached hydrogen (secondary N) is 1. The summed E-state index contributed by atoms with van der Waals surface area (Å²) >= 11 is 0. The highest BCUT2D eigenvalue weighted by Crippen LogP contribution is 2.14. The van der Waals surface area contributed by atoms with Crippen molar-refractivity contribution in [2.45, 2.75) is 0 Å². The fourth-order valence-electron chi connectivity index (χ4n) is 0.749. The first-order chi connectivity index (χ1) is 6.13. The van der Waals surface area contributed by atoms with Crippen LogP contribution in [0.15, 0.2) is 12.1 Å². The lowest BCUT2D eigenvalue weighted by Crippen LogP contribution is -2.22. The van der Waals surface area contributed by atoms with Crippen LogP contribution >= 0.6 is 0 Å². The number of carbonyl (C=O) groups excluding carboxylic acids is 1. The van der Waals surface area contributed by atoms with Gasteiger partial charge in [-0.15, -0.1) is 0 Å². The molecule has 0 saturated heterocycles. The summed E-state index contributed by atoms with van der Waals surface area (Å²) in [5.41, 5.74) is 16.3. The molecular weight excluding hydrogens is 170 g/mol.